The fourth-order valence-electron chi connectivity index (χ4n) is 3.25. The molecule has 2 aromatic heterocycles. The van der Waals surface area contributed by atoms with Crippen molar-refractivity contribution in [1.82, 2.24) is 29.2 Å². The molecule has 1 aliphatic rings. The fraction of sp³-hybridized carbons (Fsp3) is 0.353. The second kappa shape index (κ2) is 6.58. The molecule has 7 nitrogen and oxygen atoms in total. The smallest absolute Gasteiger partial charge is 0.184 e. The number of aromatic nitrogens is 5. The molecule has 1 atom stereocenters. The number of nitrogens with zero attached hydrogens (tertiary/aromatic N) is 6. The first-order valence-corrected chi connectivity index (χ1v) is 8.27. The van der Waals surface area contributed by atoms with Gasteiger partial charge < -0.3 is 14.2 Å². The Morgan fingerprint density at radius 3 is 2.65 bits per heavy atom. The summed E-state index contributed by atoms with van der Waals surface area (Å²) in [6.07, 6.45) is 2.32. The van der Waals surface area contributed by atoms with Crippen LogP contribution in [0.2, 0.25) is 0 Å². The summed E-state index contributed by atoms with van der Waals surface area (Å²) in [6.45, 7) is 1.77. The van der Waals surface area contributed by atoms with E-state index in [4.69, 9.17) is 0 Å². The number of imidazole rings is 1. The van der Waals surface area contributed by atoms with Crippen LogP contribution >= 0.6 is 0 Å². The van der Waals surface area contributed by atoms with Crippen molar-refractivity contribution in [3.63, 3.8) is 0 Å². The Labute approximate surface area is 148 Å². The summed E-state index contributed by atoms with van der Waals surface area (Å²) in [5, 5.41) is 18.7. The third-order valence-electron chi connectivity index (χ3n) is 4.53. The standard InChI is InChI=1S/C17H18F2N6O/c1-23-7-13(20-10-23)17-22-21-15-9-24(5-6-25(15)17)8-14(26)16-11(18)3-2-4-12(16)19/h2-4,7,10,14,26H,5-6,8-9H2,1H3. The molecule has 26 heavy (non-hydrogen) atoms. The zero-order valence-corrected chi connectivity index (χ0v) is 14.2. The van der Waals surface area contributed by atoms with Gasteiger partial charge in [0.25, 0.3) is 0 Å². The molecule has 0 fully saturated rings. The van der Waals surface area contributed by atoms with Crippen LogP contribution in [0.5, 0.6) is 0 Å². The van der Waals surface area contributed by atoms with Crippen LogP contribution in [-0.4, -0.2) is 47.4 Å². The second-order valence-electron chi connectivity index (χ2n) is 6.40. The normalized spacial score (nSPS) is 15.8. The SMILES string of the molecule is Cn1cnc(-c2nnc3n2CCN(CC(O)c2c(F)cccc2F)C3)c1. The Balaban J connectivity index is 1.50. The summed E-state index contributed by atoms with van der Waals surface area (Å²) in [5.74, 6) is -0.0516. The second-order valence-corrected chi connectivity index (χ2v) is 6.40. The lowest BCUT2D eigenvalue weighted by atomic mass is 10.1. The minimum absolute atomic E-state index is 0.115. The first-order valence-electron chi connectivity index (χ1n) is 8.27. The molecule has 0 spiro atoms. The Morgan fingerprint density at radius 1 is 1.19 bits per heavy atom. The molecule has 0 aliphatic carbocycles. The van der Waals surface area contributed by atoms with Crippen LogP contribution in [-0.2, 0) is 20.1 Å². The lowest BCUT2D eigenvalue weighted by Gasteiger charge is -2.29. The Morgan fingerprint density at radius 2 is 1.96 bits per heavy atom. The van der Waals surface area contributed by atoms with Crippen molar-refractivity contribution in [1.29, 1.82) is 0 Å². The predicted molar refractivity (Wildman–Crippen MR) is 88.8 cm³/mol. The Hall–Kier alpha value is -2.65. The molecule has 0 amide bonds. The molecule has 1 N–H and O–H groups in total. The monoisotopic (exact) mass is 360 g/mol. The van der Waals surface area contributed by atoms with E-state index in [1.54, 1.807) is 6.33 Å². The maximum atomic E-state index is 13.8. The van der Waals surface area contributed by atoms with Crippen molar-refractivity contribution in [3.8, 4) is 11.5 Å². The third kappa shape index (κ3) is 2.99. The average molecular weight is 360 g/mol. The maximum Gasteiger partial charge on any atom is 0.184 e. The van der Waals surface area contributed by atoms with Gasteiger partial charge in [0.15, 0.2) is 5.82 Å². The van der Waals surface area contributed by atoms with Gasteiger partial charge in [-0.1, -0.05) is 6.07 Å². The highest BCUT2D eigenvalue weighted by Crippen LogP contribution is 2.24. The molecule has 0 radical (unpaired) electrons. The van der Waals surface area contributed by atoms with Gasteiger partial charge in [-0.25, -0.2) is 13.8 Å². The molecule has 0 saturated heterocycles. The summed E-state index contributed by atoms with van der Waals surface area (Å²) in [7, 11) is 1.88. The summed E-state index contributed by atoms with van der Waals surface area (Å²) in [6, 6.07) is 3.57. The topological polar surface area (TPSA) is 72.0 Å². The van der Waals surface area contributed by atoms with E-state index in [0.717, 1.165) is 23.7 Å². The van der Waals surface area contributed by atoms with E-state index in [1.807, 2.05) is 27.3 Å². The van der Waals surface area contributed by atoms with E-state index in [-0.39, 0.29) is 12.1 Å². The van der Waals surface area contributed by atoms with Crippen LogP contribution in [0.4, 0.5) is 8.78 Å². The Kier molecular flexibility index (Phi) is 4.25. The van der Waals surface area contributed by atoms with Crippen molar-refractivity contribution in [2.75, 3.05) is 13.1 Å². The molecule has 3 aromatic rings. The van der Waals surface area contributed by atoms with Gasteiger partial charge in [-0.15, -0.1) is 10.2 Å². The molecule has 1 aliphatic heterocycles. The van der Waals surface area contributed by atoms with E-state index >= 15 is 0 Å². The molecule has 4 rings (SSSR count). The number of aliphatic hydroxyl groups is 1. The van der Waals surface area contributed by atoms with Crippen LogP contribution in [0.25, 0.3) is 11.5 Å². The van der Waals surface area contributed by atoms with Crippen LogP contribution in [0, 0.1) is 11.6 Å². The van der Waals surface area contributed by atoms with Gasteiger partial charge in [-0.05, 0) is 12.1 Å². The van der Waals surface area contributed by atoms with Crippen molar-refractivity contribution in [2.24, 2.45) is 7.05 Å². The van der Waals surface area contributed by atoms with Gasteiger partial charge in [0, 0.05) is 32.9 Å². The molecule has 0 saturated carbocycles. The molecular formula is C17H18F2N6O. The Bertz CT molecular complexity index is 917. The van der Waals surface area contributed by atoms with Gasteiger partial charge in [0.05, 0.1) is 24.5 Å². The first-order chi connectivity index (χ1) is 12.5. The molecular weight excluding hydrogens is 342 g/mol. The van der Waals surface area contributed by atoms with Crippen molar-refractivity contribution in [3.05, 3.63) is 53.7 Å². The van der Waals surface area contributed by atoms with Crippen molar-refractivity contribution >= 4 is 0 Å². The minimum Gasteiger partial charge on any atom is -0.387 e. The van der Waals surface area contributed by atoms with Crippen LogP contribution in [0.3, 0.4) is 0 Å². The number of halogens is 2. The lowest BCUT2D eigenvalue weighted by Crippen LogP contribution is -2.37. The zero-order valence-electron chi connectivity index (χ0n) is 14.2. The average Bonchev–Trinajstić information content (AvgIpc) is 3.20. The summed E-state index contributed by atoms with van der Waals surface area (Å²) < 4.78 is 31.5. The molecule has 3 heterocycles. The number of fused-ring (bicyclic) bond motifs is 1. The van der Waals surface area contributed by atoms with E-state index in [2.05, 4.69) is 15.2 Å². The molecule has 1 aromatic carbocycles. The summed E-state index contributed by atoms with van der Waals surface area (Å²) in [5.41, 5.74) is 0.446. The fourth-order valence-corrected chi connectivity index (χ4v) is 3.25. The highest BCUT2D eigenvalue weighted by molar-refractivity contribution is 5.48. The van der Waals surface area contributed by atoms with E-state index in [9.17, 15) is 13.9 Å². The number of benzene rings is 1. The zero-order chi connectivity index (χ0) is 18.3. The van der Waals surface area contributed by atoms with Gasteiger partial charge >= 0.3 is 0 Å². The minimum atomic E-state index is -1.25. The number of hydrogen-bond acceptors (Lipinski definition) is 5. The number of hydrogen-bond donors (Lipinski definition) is 1. The van der Waals surface area contributed by atoms with Crippen molar-refractivity contribution < 1.29 is 13.9 Å². The molecule has 136 valence electrons. The van der Waals surface area contributed by atoms with E-state index in [1.165, 1.54) is 6.07 Å². The number of aryl methyl sites for hydroxylation is 1. The molecule has 1 unspecified atom stereocenters. The van der Waals surface area contributed by atoms with Gasteiger partial charge in [-0.3, -0.25) is 4.90 Å². The quantitative estimate of drug-likeness (QED) is 0.764. The lowest BCUT2D eigenvalue weighted by molar-refractivity contribution is 0.0911. The first kappa shape index (κ1) is 16.8. The number of rotatable bonds is 4. The molecule has 0 bridgehead atoms. The highest BCUT2D eigenvalue weighted by Gasteiger charge is 2.26. The third-order valence-corrected chi connectivity index (χ3v) is 4.53. The van der Waals surface area contributed by atoms with Gasteiger partial charge in [0.2, 0.25) is 0 Å². The number of aliphatic hydroxyl groups excluding tert-OH is 1. The van der Waals surface area contributed by atoms with Crippen LogP contribution in [0.15, 0.2) is 30.7 Å². The highest BCUT2D eigenvalue weighted by atomic mass is 19.1. The molecule has 9 heteroatoms. The van der Waals surface area contributed by atoms with E-state index < -0.39 is 17.7 Å². The largest absolute Gasteiger partial charge is 0.387 e. The predicted octanol–water partition coefficient (Wildman–Crippen LogP) is 1.51. The maximum absolute atomic E-state index is 13.8. The van der Waals surface area contributed by atoms with Gasteiger partial charge in [0.1, 0.15) is 23.2 Å². The summed E-state index contributed by atoms with van der Waals surface area (Å²) >= 11 is 0. The number of β-amino-alcohol motifs (C(OH)–C–C–N with tert-alkyl or cyclic N) is 1. The van der Waals surface area contributed by atoms with E-state index in [0.29, 0.717) is 25.5 Å². The van der Waals surface area contributed by atoms with Crippen LogP contribution < -0.4 is 0 Å². The van der Waals surface area contributed by atoms with Gasteiger partial charge in [-0.2, -0.15) is 0 Å². The van der Waals surface area contributed by atoms with Crippen LogP contribution in [0.1, 0.15) is 17.5 Å². The summed E-state index contributed by atoms with van der Waals surface area (Å²) in [4.78, 5) is 6.20. The van der Waals surface area contributed by atoms with Crippen molar-refractivity contribution in [2.45, 2.75) is 19.2 Å².